The topological polar surface area (TPSA) is 71.5 Å². The van der Waals surface area contributed by atoms with Crippen molar-refractivity contribution in [3.8, 4) is 0 Å². The minimum absolute atomic E-state index is 0.0951. The summed E-state index contributed by atoms with van der Waals surface area (Å²) in [4.78, 5) is 4.25. The number of allylic oxidation sites excluding steroid dienone is 2. The summed E-state index contributed by atoms with van der Waals surface area (Å²) >= 11 is 0. The molecule has 4 heteroatoms. The Labute approximate surface area is 90.0 Å². The molecule has 82 valence electrons. The molecule has 1 rings (SSSR count). The molecule has 0 aliphatic carbocycles. The first-order valence-electron chi connectivity index (χ1n) is 4.93. The fraction of sp³-hybridized carbons (Fsp3) is 0.455. The molecular weight excluding hydrogens is 190 g/mol. The van der Waals surface area contributed by atoms with Crippen molar-refractivity contribution < 1.29 is 4.74 Å². The molecule has 0 radical (unpaired) electrons. The number of hydrogen-bond acceptors (Lipinski definition) is 4. The quantitative estimate of drug-likeness (QED) is 0.537. The molecule has 0 saturated heterocycles. The third-order valence-electron chi connectivity index (χ3n) is 2.31. The number of rotatable bonds is 2. The summed E-state index contributed by atoms with van der Waals surface area (Å²) in [6.07, 6.45) is 2.82. The lowest BCUT2D eigenvalue weighted by Gasteiger charge is -2.14. The average molecular weight is 207 g/mol. The minimum Gasteiger partial charge on any atom is -0.438 e. The maximum absolute atomic E-state index is 7.70. The molecule has 0 bridgehead atoms. The van der Waals surface area contributed by atoms with Crippen molar-refractivity contribution in [3.05, 3.63) is 23.1 Å². The second-order valence-electron chi connectivity index (χ2n) is 3.56. The van der Waals surface area contributed by atoms with Crippen LogP contribution in [0.1, 0.15) is 27.2 Å². The Morgan fingerprint density at radius 3 is 2.73 bits per heavy atom. The Hall–Kier alpha value is -1.58. The van der Waals surface area contributed by atoms with Crippen LogP contribution in [0, 0.1) is 5.41 Å². The van der Waals surface area contributed by atoms with Crippen molar-refractivity contribution in [1.29, 1.82) is 5.41 Å². The third kappa shape index (κ3) is 2.94. The Balaban J connectivity index is 2.72. The van der Waals surface area contributed by atoms with Crippen molar-refractivity contribution in [2.75, 3.05) is 6.54 Å². The molecular formula is C11H17N3O. The maximum atomic E-state index is 7.70. The van der Waals surface area contributed by atoms with Crippen LogP contribution < -0.4 is 5.73 Å². The van der Waals surface area contributed by atoms with E-state index in [2.05, 4.69) is 4.99 Å². The van der Waals surface area contributed by atoms with E-state index in [0.717, 1.165) is 18.7 Å². The van der Waals surface area contributed by atoms with Crippen LogP contribution in [-0.4, -0.2) is 18.2 Å². The van der Waals surface area contributed by atoms with Crippen LogP contribution in [0.3, 0.4) is 0 Å². The van der Waals surface area contributed by atoms with Crippen molar-refractivity contribution in [1.82, 2.24) is 0 Å². The number of ether oxygens (including phenoxy) is 1. The average Bonchev–Trinajstić information content (AvgIpc) is 2.20. The van der Waals surface area contributed by atoms with Crippen LogP contribution in [-0.2, 0) is 4.74 Å². The van der Waals surface area contributed by atoms with Gasteiger partial charge in [0.05, 0.1) is 5.71 Å². The second-order valence-corrected chi connectivity index (χ2v) is 3.56. The Morgan fingerprint density at radius 1 is 1.53 bits per heavy atom. The summed E-state index contributed by atoms with van der Waals surface area (Å²) < 4.78 is 5.40. The van der Waals surface area contributed by atoms with Crippen molar-refractivity contribution in [3.63, 3.8) is 0 Å². The zero-order valence-electron chi connectivity index (χ0n) is 9.42. The van der Waals surface area contributed by atoms with Gasteiger partial charge in [-0.05, 0) is 33.3 Å². The fourth-order valence-electron chi connectivity index (χ4n) is 1.13. The van der Waals surface area contributed by atoms with Crippen molar-refractivity contribution in [2.45, 2.75) is 27.2 Å². The molecule has 0 aromatic rings. The lowest BCUT2D eigenvalue weighted by Crippen LogP contribution is -2.15. The van der Waals surface area contributed by atoms with E-state index >= 15 is 0 Å². The number of hydrogen-bond donors (Lipinski definition) is 2. The van der Waals surface area contributed by atoms with E-state index in [-0.39, 0.29) is 5.90 Å². The van der Waals surface area contributed by atoms with Gasteiger partial charge in [-0.3, -0.25) is 10.4 Å². The zero-order valence-corrected chi connectivity index (χ0v) is 9.42. The molecule has 0 aromatic carbocycles. The van der Waals surface area contributed by atoms with Crippen LogP contribution >= 0.6 is 0 Å². The van der Waals surface area contributed by atoms with Gasteiger partial charge in [0.2, 0.25) is 5.90 Å². The molecule has 0 atom stereocenters. The van der Waals surface area contributed by atoms with E-state index < -0.39 is 0 Å². The molecule has 1 aliphatic heterocycles. The second kappa shape index (κ2) is 4.77. The molecule has 0 fully saturated rings. The fourth-order valence-corrected chi connectivity index (χ4v) is 1.13. The van der Waals surface area contributed by atoms with Gasteiger partial charge in [0, 0.05) is 17.8 Å². The monoisotopic (exact) mass is 207 g/mol. The highest BCUT2D eigenvalue weighted by molar-refractivity contribution is 6.01. The third-order valence-corrected chi connectivity index (χ3v) is 2.31. The standard InChI is InChI=1S/C11H17N3O/c1-7(8(2)12)11(13)15-10-5-4-6-14-9(10)3/h5,13H,4,6,12H2,1-3H3/b8-7-,13-11?. The zero-order chi connectivity index (χ0) is 11.4. The van der Waals surface area contributed by atoms with Gasteiger partial charge in [-0.15, -0.1) is 0 Å². The number of nitrogens with one attached hydrogen (secondary N) is 1. The predicted octanol–water partition coefficient (Wildman–Crippen LogP) is 1.98. The van der Waals surface area contributed by atoms with Gasteiger partial charge in [0.15, 0.2) is 0 Å². The highest BCUT2D eigenvalue weighted by atomic mass is 16.5. The van der Waals surface area contributed by atoms with Gasteiger partial charge in [-0.25, -0.2) is 0 Å². The lowest BCUT2D eigenvalue weighted by molar-refractivity contribution is 0.434. The summed E-state index contributed by atoms with van der Waals surface area (Å²) in [7, 11) is 0. The van der Waals surface area contributed by atoms with Gasteiger partial charge in [-0.2, -0.15) is 0 Å². The van der Waals surface area contributed by atoms with Crippen LogP contribution in [0.15, 0.2) is 28.1 Å². The summed E-state index contributed by atoms with van der Waals surface area (Å²) in [5.41, 5.74) is 7.69. The van der Waals surface area contributed by atoms with Crippen LogP contribution in [0.5, 0.6) is 0 Å². The van der Waals surface area contributed by atoms with E-state index in [0.29, 0.717) is 17.0 Å². The van der Waals surface area contributed by atoms with Crippen LogP contribution in [0.2, 0.25) is 0 Å². The Morgan fingerprint density at radius 2 is 2.20 bits per heavy atom. The van der Waals surface area contributed by atoms with E-state index in [1.807, 2.05) is 13.0 Å². The van der Waals surface area contributed by atoms with E-state index in [1.165, 1.54) is 0 Å². The van der Waals surface area contributed by atoms with Crippen LogP contribution in [0.4, 0.5) is 0 Å². The van der Waals surface area contributed by atoms with E-state index in [1.54, 1.807) is 13.8 Å². The van der Waals surface area contributed by atoms with Crippen molar-refractivity contribution in [2.24, 2.45) is 10.7 Å². The SMILES string of the molecule is CC1=NCCC=C1OC(=N)/C(C)=C(/C)N. The molecule has 0 spiro atoms. The first-order chi connectivity index (χ1) is 7.02. The normalized spacial score (nSPS) is 17.5. The summed E-state index contributed by atoms with van der Waals surface area (Å²) in [6, 6.07) is 0. The Bertz CT molecular complexity index is 360. The number of nitrogens with zero attached hydrogens (tertiary/aromatic N) is 1. The van der Waals surface area contributed by atoms with E-state index in [4.69, 9.17) is 15.9 Å². The van der Waals surface area contributed by atoms with Gasteiger partial charge in [0.1, 0.15) is 5.76 Å². The maximum Gasteiger partial charge on any atom is 0.216 e. The predicted molar refractivity (Wildman–Crippen MR) is 62.0 cm³/mol. The first kappa shape index (κ1) is 11.5. The number of aliphatic imine (C=N–C) groups is 1. The molecule has 1 heterocycles. The molecule has 0 aromatic heterocycles. The Kier molecular flexibility index (Phi) is 3.66. The van der Waals surface area contributed by atoms with Crippen molar-refractivity contribution >= 4 is 11.6 Å². The smallest absolute Gasteiger partial charge is 0.216 e. The van der Waals surface area contributed by atoms with Gasteiger partial charge >= 0.3 is 0 Å². The van der Waals surface area contributed by atoms with E-state index in [9.17, 15) is 0 Å². The van der Waals surface area contributed by atoms with Gasteiger partial charge in [-0.1, -0.05) is 0 Å². The highest BCUT2D eigenvalue weighted by Gasteiger charge is 2.11. The largest absolute Gasteiger partial charge is 0.438 e. The molecule has 3 N–H and O–H groups in total. The van der Waals surface area contributed by atoms with Gasteiger partial charge in [0.25, 0.3) is 0 Å². The highest BCUT2D eigenvalue weighted by Crippen LogP contribution is 2.12. The molecule has 1 aliphatic rings. The summed E-state index contributed by atoms with van der Waals surface area (Å²) in [5.74, 6) is 0.768. The summed E-state index contributed by atoms with van der Waals surface area (Å²) in [5, 5.41) is 7.70. The molecule has 0 saturated carbocycles. The van der Waals surface area contributed by atoms with Crippen LogP contribution in [0.25, 0.3) is 0 Å². The summed E-state index contributed by atoms with van der Waals surface area (Å²) in [6.45, 7) is 6.21. The lowest BCUT2D eigenvalue weighted by atomic mass is 10.2. The first-order valence-corrected chi connectivity index (χ1v) is 4.93. The number of dihydropyridines is 1. The molecule has 0 unspecified atom stereocenters. The van der Waals surface area contributed by atoms with Gasteiger partial charge < -0.3 is 10.5 Å². The molecule has 4 nitrogen and oxygen atoms in total. The molecule has 0 amide bonds. The minimum atomic E-state index is 0.0951. The molecule has 15 heavy (non-hydrogen) atoms. The number of nitrogens with two attached hydrogens (primary N) is 1.